The van der Waals surface area contributed by atoms with Crippen molar-refractivity contribution in [3.8, 4) is 0 Å². The second-order valence-corrected chi connectivity index (χ2v) is 7.44. The first-order valence-corrected chi connectivity index (χ1v) is 8.82. The molecule has 2 atom stereocenters. The monoisotopic (exact) mass is 315 g/mol. The van der Waals surface area contributed by atoms with Gasteiger partial charge in [0.15, 0.2) is 0 Å². The molecule has 2 unspecified atom stereocenters. The molecule has 0 fully saturated rings. The molecule has 0 amide bonds. The molecule has 0 saturated heterocycles. The summed E-state index contributed by atoms with van der Waals surface area (Å²) in [7, 11) is 0. The Morgan fingerprint density at radius 1 is 1.04 bits per heavy atom. The molecule has 2 aliphatic rings. The Kier molecular flexibility index (Phi) is 2.62. The summed E-state index contributed by atoms with van der Waals surface area (Å²) in [5.41, 5.74) is 3.93. The lowest BCUT2D eigenvalue weighted by atomic mass is 9.84. The molecular formula is C21H17NS. The van der Waals surface area contributed by atoms with Gasteiger partial charge < -0.3 is 4.90 Å². The van der Waals surface area contributed by atoms with Crippen molar-refractivity contribution in [3.63, 3.8) is 0 Å². The summed E-state index contributed by atoms with van der Waals surface area (Å²) in [6.45, 7) is 6.64. The van der Waals surface area contributed by atoms with Crippen LogP contribution in [0.4, 0.5) is 0 Å². The Hall–Kier alpha value is -2.32. The van der Waals surface area contributed by atoms with Crippen LogP contribution in [-0.4, -0.2) is 10.9 Å². The van der Waals surface area contributed by atoms with E-state index in [2.05, 4.69) is 79.2 Å². The van der Waals surface area contributed by atoms with Gasteiger partial charge in [-0.15, -0.1) is 11.3 Å². The fraction of sp³-hybridized carbons (Fsp3) is 0.143. The molecule has 0 saturated carbocycles. The van der Waals surface area contributed by atoms with E-state index in [1.165, 1.54) is 36.9 Å². The van der Waals surface area contributed by atoms with Gasteiger partial charge in [-0.2, -0.15) is 0 Å². The summed E-state index contributed by atoms with van der Waals surface area (Å²) >= 11 is 1.88. The van der Waals surface area contributed by atoms with Crippen molar-refractivity contribution in [2.75, 3.05) is 0 Å². The predicted octanol–water partition coefficient (Wildman–Crippen LogP) is 5.90. The van der Waals surface area contributed by atoms with Gasteiger partial charge in [-0.05, 0) is 47.9 Å². The minimum Gasteiger partial charge on any atom is -0.360 e. The Bertz CT molecular complexity index is 1020. The van der Waals surface area contributed by atoms with E-state index in [0.717, 1.165) is 0 Å². The Labute approximate surface area is 139 Å². The predicted molar refractivity (Wildman–Crippen MR) is 101 cm³/mol. The summed E-state index contributed by atoms with van der Waals surface area (Å²) in [6, 6.07) is 14.1. The summed E-state index contributed by atoms with van der Waals surface area (Å²) in [6.07, 6.45) is 8.76. The number of fused-ring (bicyclic) bond motifs is 6. The zero-order valence-corrected chi connectivity index (χ0v) is 13.8. The number of allylic oxidation sites excluding steroid dienone is 2. The molecule has 2 heteroatoms. The minimum absolute atomic E-state index is 0.318. The zero-order chi connectivity index (χ0) is 15.6. The molecule has 2 aromatic carbocycles. The molecule has 0 radical (unpaired) electrons. The van der Waals surface area contributed by atoms with Crippen LogP contribution in [-0.2, 0) is 0 Å². The second-order valence-electron chi connectivity index (χ2n) is 6.35. The molecule has 0 N–H and O–H groups in total. The summed E-state index contributed by atoms with van der Waals surface area (Å²) in [5.74, 6) is 0. The van der Waals surface area contributed by atoms with Gasteiger partial charge in [0.05, 0.1) is 12.1 Å². The average molecular weight is 315 g/mol. The molecule has 1 nitrogen and oxygen atoms in total. The van der Waals surface area contributed by atoms with Crippen LogP contribution < -0.4 is 0 Å². The SMILES string of the molecule is C=C1c2cc3sc4ccccc4c3cc2C2C=CC=CN2C1C. The maximum atomic E-state index is 4.39. The summed E-state index contributed by atoms with van der Waals surface area (Å²) in [4.78, 5) is 2.41. The quantitative estimate of drug-likeness (QED) is 0.499. The highest BCUT2D eigenvalue weighted by Gasteiger charge is 2.32. The van der Waals surface area contributed by atoms with E-state index in [-0.39, 0.29) is 0 Å². The first kappa shape index (κ1) is 13.1. The lowest BCUT2D eigenvalue weighted by Crippen LogP contribution is -2.37. The smallest absolute Gasteiger partial charge is 0.0736 e. The molecule has 1 aromatic heterocycles. The second kappa shape index (κ2) is 4.59. The lowest BCUT2D eigenvalue weighted by molar-refractivity contribution is 0.282. The van der Waals surface area contributed by atoms with Gasteiger partial charge in [-0.25, -0.2) is 0 Å². The molecule has 3 aromatic rings. The number of nitrogens with zero attached hydrogens (tertiary/aromatic N) is 1. The van der Waals surface area contributed by atoms with Crippen LogP contribution in [0.2, 0.25) is 0 Å². The van der Waals surface area contributed by atoms with Crippen LogP contribution >= 0.6 is 11.3 Å². The van der Waals surface area contributed by atoms with Crippen molar-refractivity contribution in [2.24, 2.45) is 0 Å². The van der Waals surface area contributed by atoms with Crippen LogP contribution in [0.5, 0.6) is 0 Å². The van der Waals surface area contributed by atoms with Gasteiger partial charge in [-0.1, -0.05) is 36.9 Å². The number of benzene rings is 2. The molecule has 0 spiro atoms. The van der Waals surface area contributed by atoms with Crippen molar-refractivity contribution < 1.29 is 0 Å². The number of hydrogen-bond donors (Lipinski definition) is 0. The average Bonchev–Trinajstić information content (AvgIpc) is 2.96. The van der Waals surface area contributed by atoms with Gasteiger partial charge in [0.2, 0.25) is 0 Å². The molecular weight excluding hydrogens is 298 g/mol. The van der Waals surface area contributed by atoms with Crippen molar-refractivity contribution in [2.45, 2.75) is 19.0 Å². The highest BCUT2D eigenvalue weighted by atomic mass is 32.1. The normalized spacial score (nSPS) is 22.7. The lowest BCUT2D eigenvalue weighted by Gasteiger charge is -2.42. The third kappa shape index (κ3) is 1.73. The van der Waals surface area contributed by atoms with Gasteiger partial charge in [0.25, 0.3) is 0 Å². The van der Waals surface area contributed by atoms with E-state index in [1.54, 1.807) is 0 Å². The van der Waals surface area contributed by atoms with E-state index in [4.69, 9.17) is 0 Å². The van der Waals surface area contributed by atoms with Gasteiger partial charge in [-0.3, -0.25) is 0 Å². The van der Waals surface area contributed by atoms with Crippen molar-refractivity contribution in [1.82, 2.24) is 4.90 Å². The van der Waals surface area contributed by atoms with E-state index >= 15 is 0 Å². The minimum atomic E-state index is 0.318. The highest BCUT2D eigenvalue weighted by molar-refractivity contribution is 7.25. The van der Waals surface area contributed by atoms with Crippen molar-refractivity contribution >= 4 is 37.1 Å². The topological polar surface area (TPSA) is 3.24 Å². The van der Waals surface area contributed by atoms with Crippen LogP contribution in [0.25, 0.3) is 25.7 Å². The standard InChI is InChI=1S/C21H17NS/c1-13-14(2)22-10-6-5-8-19(22)17-11-18-15-7-3-4-9-20(15)23-21(18)12-16(13)17/h3-12,14,19H,1H2,2H3. The third-order valence-electron chi connectivity index (χ3n) is 5.15. The maximum absolute atomic E-state index is 4.39. The van der Waals surface area contributed by atoms with Gasteiger partial charge in [0, 0.05) is 26.4 Å². The summed E-state index contributed by atoms with van der Waals surface area (Å²) < 4.78 is 2.72. The molecule has 2 aliphatic heterocycles. The Balaban J connectivity index is 1.85. The van der Waals surface area contributed by atoms with Gasteiger partial charge >= 0.3 is 0 Å². The van der Waals surface area contributed by atoms with Crippen LogP contribution in [0.3, 0.4) is 0 Å². The van der Waals surface area contributed by atoms with Gasteiger partial charge in [0.1, 0.15) is 0 Å². The highest BCUT2D eigenvalue weighted by Crippen LogP contribution is 2.45. The maximum Gasteiger partial charge on any atom is 0.0736 e. The molecule has 23 heavy (non-hydrogen) atoms. The van der Waals surface area contributed by atoms with Crippen LogP contribution in [0.15, 0.2) is 67.4 Å². The number of thiophene rings is 1. The largest absolute Gasteiger partial charge is 0.360 e. The Morgan fingerprint density at radius 2 is 1.91 bits per heavy atom. The van der Waals surface area contributed by atoms with E-state index < -0.39 is 0 Å². The molecule has 0 aliphatic carbocycles. The van der Waals surface area contributed by atoms with E-state index in [9.17, 15) is 0 Å². The Morgan fingerprint density at radius 3 is 2.83 bits per heavy atom. The summed E-state index contributed by atoms with van der Waals surface area (Å²) in [5, 5.41) is 2.73. The van der Waals surface area contributed by atoms with Crippen LogP contribution in [0.1, 0.15) is 24.1 Å². The molecule has 0 bridgehead atoms. The van der Waals surface area contributed by atoms with E-state index in [1.807, 2.05) is 11.3 Å². The molecule has 3 heterocycles. The fourth-order valence-corrected chi connectivity index (χ4v) is 4.99. The first-order chi connectivity index (χ1) is 11.2. The van der Waals surface area contributed by atoms with Crippen molar-refractivity contribution in [3.05, 3.63) is 78.5 Å². The number of rotatable bonds is 0. The fourth-order valence-electron chi connectivity index (χ4n) is 3.86. The molecule has 5 rings (SSSR count). The van der Waals surface area contributed by atoms with Crippen molar-refractivity contribution in [1.29, 1.82) is 0 Å². The first-order valence-electron chi connectivity index (χ1n) is 8.01. The third-order valence-corrected chi connectivity index (χ3v) is 6.28. The number of hydrogen-bond acceptors (Lipinski definition) is 2. The zero-order valence-electron chi connectivity index (χ0n) is 13.0. The van der Waals surface area contributed by atoms with E-state index in [0.29, 0.717) is 12.1 Å². The van der Waals surface area contributed by atoms with Crippen LogP contribution in [0, 0.1) is 0 Å². The molecule has 112 valence electrons.